The first-order valence-electron chi connectivity index (χ1n) is 7.86. The molecule has 0 aliphatic carbocycles. The molecule has 2 aromatic heterocycles. The maximum absolute atomic E-state index is 11.9. The molecule has 122 valence electrons. The van der Waals surface area contributed by atoms with Gasteiger partial charge in [-0.05, 0) is 54.6 Å². The van der Waals surface area contributed by atoms with Crippen molar-refractivity contribution in [3.8, 4) is 11.4 Å². The van der Waals surface area contributed by atoms with Gasteiger partial charge < -0.3 is 14.7 Å². The molecule has 0 saturated carbocycles. The topological polar surface area (TPSA) is 70.9 Å². The van der Waals surface area contributed by atoms with Gasteiger partial charge in [0.25, 0.3) is 0 Å². The Labute approximate surface area is 144 Å². The number of hydrogen-bond donors (Lipinski definition) is 2. The fourth-order valence-corrected chi connectivity index (χ4v) is 2.53. The molecule has 0 fully saturated rings. The van der Waals surface area contributed by atoms with Crippen molar-refractivity contribution in [2.75, 3.05) is 5.32 Å². The van der Waals surface area contributed by atoms with Gasteiger partial charge in [0.1, 0.15) is 11.6 Å². The van der Waals surface area contributed by atoms with E-state index in [0.29, 0.717) is 11.4 Å². The zero-order chi connectivity index (χ0) is 17.1. The number of H-pyrrole nitrogens is 1. The lowest BCUT2D eigenvalue weighted by Crippen LogP contribution is -2.07. The van der Waals surface area contributed by atoms with Crippen LogP contribution in [-0.4, -0.2) is 15.9 Å². The normalized spacial score (nSPS) is 11.2. The monoisotopic (exact) mass is 329 g/mol. The Morgan fingerprint density at radius 2 is 1.88 bits per heavy atom. The van der Waals surface area contributed by atoms with E-state index in [1.807, 2.05) is 48.5 Å². The number of imidazole rings is 1. The summed E-state index contributed by atoms with van der Waals surface area (Å²) in [6.45, 7) is 0. The highest BCUT2D eigenvalue weighted by atomic mass is 16.3. The highest BCUT2D eigenvalue weighted by Crippen LogP contribution is 2.22. The van der Waals surface area contributed by atoms with Crippen molar-refractivity contribution in [2.24, 2.45) is 0 Å². The lowest BCUT2D eigenvalue weighted by Gasteiger charge is -2.03. The van der Waals surface area contributed by atoms with Crippen LogP contribution in [0.2, 0.25) is 0 Å². The minimum absolute atomic E-state index is 0.215. The number of furan rings is 1. The van der Waals surface area contributed by atoms with Gasteiger partial charge in [-0.1, -0.05) is 12.1 Å². The molecule has 0 saturated heterocycles. The van der Waals surface area contributed by atoms with Crippen LogP contribution >= 0.6 is 0 Å². The molecule has 2 aromatic carbocycles. The van der Waals surface area contributed by atoms with E-state index in [9.17, 15) is 4.79 Å². The van der Waals surface area contributed by atoms with Crippen molar-refractivity contribution in [2.45, 2.75) is 0 Å². The van der Waals surface area contributed by atoms with Gasteiger partial charge in [0.2, 0.25) is 5.91 Å². The zero-order valence-electron chi connectivity index (χ0n) is 13.3. The quantitative estimate of drug-likeness (QED) is 0.542. The molecule has 0 radical (unpaired) electrons. The first kappa shape index (κ1) is 15.0. The summed E-state index contributed by atoms with van der Waals surface area (Å²) in [6.07, 6.45) is 4.62. The standard InChI is InChI=1S/C20H15N3O2/c24-19(12-11-16-4-3-13-25-16)21-15-9-7-14(8-10-15)20-22-17-5-1-2-6-18(17)23-20/h1-13H,(H,21,24)(H,22,23). The maximum atomic E-state index is 11.9. The Hall–Kier alpha value is -3.60. The number of aromatic amines is 1. The number of carbonyl (C=O) groups excluding carboxylic acids is 1. The first-order chi connectivity index (χ1) is 12.3. The van der Waals surface area contributed by atoms with Gasteiger partial charge in [-0.15, -0.1) is 0 Å². The number of para-hydroxylation sites is 2. The fourth-order valence-electron chi connectivity index (χ4n) is 2.53. The van der Waals surface area contributed by atoms with Crippen LogP contribution in [-0.2, 0) is 4.79 Å². The molecule has 5 heteroatoms. The van der Waals surface area contributed by atoms with Crippen LogP contribution in [0.25, 0.3) is 28.5 Å². The molecule has 25 heavy (non-hydrogen) atoms. The molecule has 0 aliphatic rings. The van der Waals surface area contributed by atoms with Crippen LogP contribution < -0.4 is 5.32 Å². The molecule has 0 aliphatic heterocycles. The average molecular weight is 329 g/mol. The van der Waals surface area contributed by atoms with Crippen molar-refractivity contribution in [1.29, 1.82) is 0 Å². The molecular weight excluding hydrogens is 314 g/mol. The average Bonchev–Trinajstić information content (AvgIpc) is 3.30. The predicted octanol–water partition coefficient (Wildman–Crippen LogP) is 4.47. The van der Waals surface area contributed by atoms with Crippen LogP contribution in [0.4, 0.5) is 5.69 Å². The highest BCUT2D eigenvalue weighted by molar-refractivity contribution is 6.01. The largest absolute Gasteiger partial charge is 0.465 e. The van der Waals surface area contributed by atoms with E-state index < -0.39 is 0 Å². The van der Waals surface area contributed by atoms with E-state index in [2.05, 4.69) is 15.3 Å². The predicted molar refractivity (Wildman–Crippen MR) is 97.9 cm³/mol. The number of anilines is 1. The Kier molecular flexibility index (Phi) is 3.88. The highest BCUT2D eigenvalue weighted by Gasteiger charge is 2.05. The number of rotatable bonds is 4. The molecule has 0 spiro atoms. The molecule has 0 atom stereocenters. The van der Waals surface area contributed by atoms with Gasteiger partial charge in [-0.25, -0.2) is 4.98 Å². The molecule has 4 rings (SSSR count). The first-order valence-corrected chi connectivity index (χ1v) is 7.86. The molecule has 2 N–H and O–H groups in total. The molecular formula is C20H15N3O2. The van der Waals surface area contributed by atoms with Crippen LogP contribution in [0, 0.1) is 0 Å². The zero-order valence-corrected chi connectivity index (χ0v) is 13.3. The van der Waals surface area contributed by atoms with Crippen LogP contribution in [0.15, 0.2) is 77.4 Å². The number of carbonyl (C=O) groups is 1. The van der Waals surface area contributed by atoms with E-state index >= 15 is 0 Å². The summed E-state index contributed by atoms with van der Waals surface area (Å²) in [5, 5.41) is 2.81. The van der Waals surface area contributed by atoms with Crippen molar-refractivity contribution in [1.82, 2.24) is 9.97 Å². The molecule has 1 amide bonds. The summed E-state index contributed by atoms with van der Waals surface area (Å²) in [4.78, 5) is 19.8. The van der Waals surface area contributed by atoms with Gasteiger partial charge in [0, 0.05) is 17.3 Å². The smallest absolute Gasteiger partial charge is 0.248 e. The van der Waals surface area contributed by atoms with E-state index in [0.717, 1.165) is 22.4 Å². The second-order valence-electron chi connectivity index (χ2n) is 5.52. The Morgan fingerprint density at radius 3 is 2.64 bits per heavy atom. The minimum Gasteiger partial charge on any atom is -0.465 e. The summed E-state index contributed by atoms with van der Waals surface area (Å²) in [6, 6.07) is 19.0. The molecule has 4 aromatic rings. The molecule has 5 nitrogen and oxygen atoms in total. The second kappa shape index (κ2) is 6.49. The third-order valence-corrected chi connectivity index (χ3v) is 3.76. The lowest BCUT2D eigenvalue weighted by atomic mass is 10.2. The third-order valence-electron chi connectivity index (χ3n) is 3.76. The Bertz CT molecular complexity index is 995. The maximum Gasteiger partial charge on any atom is 0.248 e. The number of aromatic nitrogens is 2. The number of nitrogens with one attached hydrogen (secondary N) is 2. The van der Waals surface area contributed by atoms with Gasteiger partial charge in [0.15, 0.2) is 0 Å². The Morgan fingerprint density at radius 1 is 1.04 bits per heavy atom. The number of amides is 1. The van der Waals surface area contributed by atoms with E-state index in [1.54, 1.807) is 24.5 Å². The third kappa shape index (κ3) is 3.35. The SMILES string of the molecule is O=C(C=Cc1ccco1)Nc1ccc(-c2nc3ccccc3[nH]2)cc1. The van der Waals surface area contributed by atoms with Crippen molar-refractivity contribution in [3.63, 3.8) is 0 Å². The van der Waals surface area contributed by atoms with Crippen LogP contribution in [0.3, 0.4) is 0 Å². The van der Waals surface area contributed by atoms with Crippen LogP contribution in [0.5, 0.6) is 0 Å². The summed E-state index contributed by atoms with van der Waals surface area (Å²) < 4.78 is 5.15. The van der Waals surface area contributed by atoms with Gasteiger partial charge in [0.05, 0.1) is 17.3 Å². The number of hydrogen-bond acceptors (Lipinski definition) is 3. The fraction of sp³-hybridized carbons (Fsp3) is 0. The summed E-state index contributed by atoms with van der Waals surface area (Å²) in [5.74, 6) is 1.22. The minimum atomic E-state index is -0.215. The Balaban J connectivity index is 1.47. The molecule has 2 heterocycles. The van der Waals surface area contributed by atoms with Crippen molar-refractivity contribution < 1.29 is 9.21 Å². The van der Waals surface area contributed by atoms with E-state index in [-0.39, 0.29) is 5.91 Å². The number of benzene rings is 2. The van der Waals surface area contributed by atoms with Gasteiger partial charge >= 0.3 is 0 Å². The van der Waals surface area contributed by atoms with E-state index in [1.165, 1.54) is 6.08 Å². The second-order valence-corrected chi connectivity index (χ2v) is 5.52. The van der Waals surface area contributed by atoms with E-state index in [4.69, 9.17) is 4.42 Å². The van der Waals surface area contributed by atoms with Crippen molar-refractivity contribution >= 4 is 28.7 Å². The van der Waals surface area contributed by atoms with Gasteiger partial charge in [-0.3, -0.25) is 4.79 Å². The van der Waals surface area contributed by atoms with Crippen molar-refractivity contribution in [3.05, 3.63) is 78.8 Å². The van der Waals surface area contributed by atoms with Gasteiger partial charge in [-0.2, -0.15) is 0 Å². The summed E-state index contributed by atoms with van der Waals surface area (Å²) in [7, 11) is 0. The number of fused-ring (bicyclic) bond motifs is 1. The molecule has 0 unspecified atom stereocenters. The summed E-state index contributed by atoms with van der Waals surface area (Å²) in [5.41, 5.74) is 3.60. The van der Waals surface area contributed by atoms with Crippen LogP contribution in [0.1, 0.15) is 5.76 Å². The summed E-state index contributed by atoms with van der Waals surface area (Å²) >= 11 is 0. The lowest BCUT2D eigenvalue weighted by molar-refractivity contribution is -0.111. The number of nitrogens with zero attached hydrogens (tertiary/aromatic N) is 1. The molecule has 0 bridgehead atoms.